The van der Waals surface area contributed by atoms with Gasteiger partial charge in [0.1, 0.15) is 11.3 Å². The fourth-order valence-electron chi connectivity index (χ4n) is 2.04. The van der Waals surface area contributed by atoms with Gasteiger partial charge in [-0.1, -0.05) is 17.7 Å². The first kappa shape index (κ1) is 13.4. The highest BCUT2D eigenvalue weighted by Gasteiger charge is 2.15. The summed E-state index contributed by atoms with van der Waals surface area (Å²) in [6, 6.07) is 8.44. The van der Waals surface area contributed by atoms with E-state index in [1.807, 2.05) is 19.2 Å². The van der Waals surface area contributed by atoms with Gasteiger partial charge in [0.15, 0.2) is 0 Å². The number of para-hydroxylation sites is 1. The normalized spacial score (nSPS) is 12.8. The van der Waals surface area contributed by atoms with E-state index in [0.29, 0.717) is 0 Å². The lowest BCUT2D eigenvalue weighted by atomic mass is 10.1. The van der Waals surface area contributed by atoms with Crippen LogP contribution in [0.4, 0.5) is 0 Å². The minimum absolute atomic E-state index is 0.237. The molecule has 0 fully saturated rings. The van der Waals surface area contributed by atoms with Crippen molar-refractivity contribution in [3.8, 4) is 0 Å². The van der Waals surface area contributed by atoms with Crippen LogP contribution in [-0.2, 0) is 0 Å². The molecular formula is C15H18BrNO. The maximum Gasteiger partial charge on any atom is 0.148 e. The number of rotatable bonds is 5. The highest BCUT2D eigenvalue weighted by molar-refractivity contribution is 9.10. The van der Waals surface area contributed by atoms with Crippen molar-refractivity contribution in [3.63, 3.8) is 0 Å². The number of hydrogen-bond donors (Lipinski definition) is 1. The van der Waals surface area contributed by atoms with Crippen LogP contribution in [0.15, 0.2) is 45.3 Å². The Morgan fingerprint density at radius 3 is 2.89 bits per heavy atom. The van der Waals surface area contributed by atoms with E-state index >= 15 is 0 Å². The van der Waals surface area contributed by atoms with Gasteiger partial charge in [0.2, 0.25) is 0 Å². The van der Waals surface area contributed by atoms with Crippen LogP contribution in [0, 0.1) is 0 Å². The third-order valence-corrected chi connectivity index (χ3v) is 3.69. The SMILES string of the molecule is C=C(C)CCC(NC)c1cc2cccc(Br)c2o1. The molecule has 1 unspecified atom stereocenters. The predicted octanol–water partition coefficient (Wildman–Crippen LogP) is 4.81. The zero-order valence-corrected chi connectivity index (χ0v) is 12.4. The number of fused-ring (bicyclic) bond motifs is 1. The number of nitrogens with one attached hydrogen (secondary N) is 1. The van der Waals surface area contributed by atoms with E-state index in [4.69, 9.17) is 4.42 Å². The minimum atomic E-state index is 0.237. The van der Waals surface area contributed by atoms with Gasteiger partial charge in [0, 0.05) is 5.39 Å². The molecule has 1 heterocycles. The molecule has 1 atom stereocenters. The lowest BCUT2D eigenvalue weighted by molar-refractivity contribution is 0.432. The Morgan fingerprint density at radius 1 is 1.50 bits per heavy atom. The number of benzene rings is 1. The van der Waals surface area contributed by atoms with Crippen molar-refractivity contribution in [1.82, 2.24) is 5.32 Å². The van der Waals surface area contributed by atoms with E-state index in [0.717, 1.165) is 34.0 Å². The Morgan fingerprint density at radius 2 is 2.28 bits per heavy atom. The first-order valence-corrected chi connectivity index (χ1v) is 6.90. The Balaban J connectivity index is 2.28. The van der Waals surface area contributed by atoms with Gasteiger partial charge in [0.25, 0.3) is 0 Å². The van der Waals surface area contributed by atoms with Gasteiger partial charge in [-0.2, -0.15) is 0 Å². The summed E-state index contributed by atoms with van der Waals surface area (Å²) in [6.07, 6.45) is 2.01. The molecule has 2 aromatic rings. The van der Waals surface area contributed by atoms with Gasteiger partial charge >= 0.3 is 0 Å². The van der Waals surface area contributed by atoms with E-state index in [2.05, 4.69) is 46.9 Å². The van der Waals surface area contributed by atoms with Crippen LogP contribution in [-0.4, -0.2) is 7.05 Å². The summed E-state index contributed by atoms with van der Waals surface area (Å²) in [5.74, 6) is 0.987. The van der Waals surface area contributed by atoms with Crippen molar-refractivity contribution in [2.45, 2.75) is 25.8 Å². The van der Waals surface area contributed by atoms with Crippen molar-refractivity contribution in [1.29, 1.82) is 0 Å². The van der Waals surface area contributed by atoms with Crippen LogP contribution in [0.1, 0.15) is 31.6 Å². The number of allylic oxidation sites excluding steroid dienone is 1. The van der Waals surface area contributed by atoms with Gasteiger partial charge in [-0.05, 0) is 54.9 Å². The second-order valence-electron chi connectivity index (χ2n) is 4.64. The minimum Gasteiger partial charge on any atom is -0.458 e. The molecule has 0 amide bonds. The van der Waals surface area contributed by atoms with Gasteiger partial charge in [0.05, 0.1) is 10.5 Å². The lowest BCUT2D eigenvalue weighted by Gasteiger charge is -2.13. The smallest absolute Gasteiger partial charge is 0.148 e. The van der Waals surface area contributed by atoms with Crippen molar-refractivity contribution >= 4 is 26.9 Å². The van der Waals surface area contributed by atoms with Crippen LogP contribution in [0.2, 0.25) is 0 Å². The largest absolute Gasteiger partial charge is 0.458 e. The van der Waals surface area contributed by atoms with Crippen molar-refractivity contribution in [2.75, 3.05) is 7.05 Å². The monoisotopic (exact) mass is 307 g/mol. The third-order valence-electron chi connectivity index (χ3n) is 3.07. The molecular weight excluding hydrogens is 290 g/mol. The summed E-state index contributed by atoms with van der Waals surface area (Å²) in [6.45, 7) is 6.00. The molecule has 0 radical (unpaired) electrons. The van der Waals surface area contributed by atoms with E-state index in [9.17, 15) is 0 Å². The Bertz CT molecular complexity index is 559. The highest BCUT2D eigenvalue weighted by Crippen LogP contribution is 2.31. The second-order valence-corrected chi connectivity index (χ2v) is 5.50. The van der Waals surface area contributed by atoms with E-state index < -0.39 is 0 Å². The quantitative estimate of drug-likeness (QED) is 0.802. The first-order chi connectivity index (χ1) is 8.61. The molecule has 1 N–H and O–H groups in total. The summed E-state index contributed by atoms with van der Waals surface area (Å²) in [4.78, 5) is 0. The second kappa shape index (κ2) is 5.72. The summed E-state index contributed by atoms with van der Waals surface area (Å²) in [5, 5.41) is 4.44. The van der Waals surface area contributed by atoms with Gasteiger partial charge < -0.3 is 9.73 Å². The first-order valence-electron chi connectivity index (χ1n) is 6.11. The Kier molecular flexibility index (Phi) is 4.25. The fourth-order valence-corrected chi connectivity index (χ4v) is 2.50. The average molecular weight is 308 g/mol. The molecule has 0 aliphatic heterocycles. The lowest BCUT2D eigenvalue weighted by Crippen LogP contribution is -2.15. The maximum atomic E-state index is 5.95. The third kappa shape index (κ3) is 2.85. The van der Waals surface area contributed by atoms with Gasteiger partial charge in [-0.3, -0.25) is 0 Å². The molecule has 0 saturated heterocycles. The topological polar surface area (TPSA) is 25.2 Å². The molecule has 1 aromatic carbocycles. The standard InChI is InChI=1S/C15H18BrNO/c1-10(2)7-8-13(17-3)14-9-11-5-4-6-12(16)15(11)18-14/h4-6,9,13,17H,1,7-8H2,2-3H3. The van der Waals surface area contributed by atoms with Crippen molar-refractivity contribution < 1.29 is 4.42 Å². The predicted molar refractivity (Wildman–Crippen MR) is 79.8 cm³/mol. The van der Waals surface area contributed by atoms with Crippen LogP contribution in [0.3, 0.4) is 0 Å². The van der Waals surface area contributed by atoms with Crippen molar-refractivity contribution in [2.24, 2.45) is 0 Å². The molecule has 0 aliphatic carbocycles. The summed E-state index contributed by atoms with van der Waals surface area (Å²) >= 11 is 3.52. The summed E-state index contributed by atoms with van der Waals surface area (Å²) in [7, 11) is 1.96. The highest BCUT2D eigenvalue weighted by atomic mass is 79.9. The molecule has 0 bridgehead atoms. The fraction of sp³-hybridized carbons (Fsp3) is 0.333. The number of halogens is 1. The van der Waals surface area contributed by atoms with Gasteiger partial charge in [-0.15, -0.1) is 6.58 Å². The van der Waals surface area contributed by atoms with Crippen LogP contribution in [0.25, 0.3) is 11.0 Å². The number of hydrogen-bond acceptors (Lipinski definition) is 2. The average Bonchev–Trinajstić information content (AvgIpc) is 2.75. The molecule has 0 saturated carbocycles. The van der Waals surface area contributed by atoms with E-state index in [1.54, 1.807) is 0 Å². The van der Waals surface area contributed by atoms with Crippen molar-refractivity contribution in [3.05, 3.63) is 46.7 Å². The summed E-state index contributed by atoms with van der Waals surface area (Å²) in [5.41, 5.74) is 2.12. The zero-order chi connectivity index (χ0) is 13.1. The Labute approximate surface area is 116 Å². The molecule has 2 rings (SSSR count). The molecule has 0 spiro atoms. The maximum absolute atomic E-state index is 5.95. The molecule has 1 aromatic heterocycles. The molecule has 18 heavy (non-hydrogen) atoms. The summed E-state index contributed by atoms with van der Waals surface area (Å²) < 4.78 is 6.95. The van der Waals surface area contributed by atoms with E-state index in [1.165, 1.54) is 5.57 Å². The van der Waals surface area contributed by atoms with Crippen LogP contribution < -0.4 is 5.32 Å². The van der Waals surface area contributed by atoms with E-state index in [-0.39, 0.29) is 6.04 Å². The zero-order valence-electron chi connectivity index (χ0n) is 10.8. The molecule has 3 heteroatoms. The van der Waals surface area contributed by atoms with Gasteiger partial charge in [-0.25, -0.2) is 0 Å². The molecule has 2 nitrogen and oxygen atoms in total. The molecule has 96 valence electrons. The van der Waals surface area contributed by atoms with Crippen LogP contribution in [0.5, 0.6) is 0 Å². The molecule has 0 aliphatic rings. The van der Waals surface area contributed by atoms with Crippen LogP contribution >= 0.6 is 15.9 Å². The Hall–Kier alpha value is -1.06. The number of furan rings is 1.